The number of carbonyl (C=O) groups excluding carboxylic acids is 4. The van der Waals surface area contributed by atoms with Crippen LogP contribution in [0.2, 0.25) is 0 Å². The lowest BCUT2D eigenvalue weighted by molar-refractivity contribution is -0.142. The van der Waals surface area contributed by atoms with Crippen LogP contribution in [0.25, 0.3) is 0 Å². The standard InChI is InChI=1S/C19H31N7O6S/c1-9(2)3-13(19(31)32)25-17(29)12(4-10-6-22-8-23-10)24-18(30)14(7-33)26-16(28)11(20)5-15(21)27/h6,8-9,11-14,33H,3-5,7,20H2,1-2H3,(H2,21,27)(H,22,23)(H,24,30)(H,25,29)(H,26,28)(H,31,32). The molecule has 9 N–H and O–H groups in total. The second-order valence-electron chi connectivity index (χ2n) is 7.89. The lowest BCUT2D eigenvalue weighted by Gasteiger charge is -2.24. The first-order valence-corrected chi connectivity index (χ1v) is 10.8. The molecule has 1 heterocycles. The summed E-state index contributed by atoms with van der Waals surface area (Å²) in [6.45, 7) is 3.63. The Balaban J connectivity index is 2.95. The molecule has 0 radical (unpaired) electrons. The molecule has 0 fully saturated rings. The van der Waals surface area contributed by atoms with Gasteiger partial charge < -0.3 is 37.5 Å². The van der Waals surface area contributed by atoms with Crippen molar-refractivity contribution in [2.24, 2.45) is 17.4 Å². The van der Waals surface area contributed by atoms with Gasteiger partial charge in [0.05, 0.1) is 18.8 Å². The lowest BCUT2D eigenvalue weighted by Crippen LogP contribution is -2.58. The van der Waals surface area contributed by atoms with Crippen LogP contribution in [0.4, 0.5) is 0 Å². The molecule has 0 bridgehead atoms. The summed E-state index contributed by atoms with van der Waals surface area (Å²) < 4.78 is 0. The van der Waals surface area contributed by atoms with E-state index in [0.717, 1.165) is 0 Å². The molecule has 4 unspecified atom stereocenters. The molecule has 0 aliphatic carbocycles. The highest BCUT2D eigenvalue weighted by Crippen LogP contribution is 2.07. The molecule has 0 saturated carbocycles. The highest BCUT2D eigenvalue weighted by molar-refractivity contribution is 7.80. The van der Waals surface area contributed by atoms with Crippen LogP contribution in [0.15, 0.2) is 12.5 Å². The van der Waals surface area contributed by atoms with Gasteiger partial charge in [0.15, 0.2) is 0 Å². The molecule has 33 heavy (non-hydrogen) atoms. The number of hydrogen-bond donors (Lipinski definition) is 8. The predicted molar refractivity (Wildman–Crippen MR) is 121 cm³/mol. The number of carboxylic acid groups (broad SMARTS) is 1. The van der Waals surface area contributed by atoms with Gasteiger partial charge in [0.2, 0.25) is 23.6 Å². The summed E-state index contributed by atoms with van der Waals surface area (Å²) in [5, 5.41) is 16.7. The average Bonchev–Trinajstić information content (AvgIpc) is 3.22. The van der Waals surface area contributed by atoms with Gasteiger partial charge in [-0.2, -0.15) is 12.6 Å². The van der Waals surface area contributed by atoms with Crippen LogP contribution >= 0.6 is 12.6 Å². The number of nitrogens with one attached hydrogen (secondary N) is 4. The van der Waals surface area contributed by atoms with Crippen LogP contribution in [-0.2, 0) is 30.4 Å². The quantitative estimate of drug-likeness (QED) is 0.133. The first-order chi connectivity index (χ1) is 15.4. The second-order valence-corrected chi connectivity index (χ2v) is 8.26. The lowest BCUT2D eigenvalue weighted by atomic mass is 10.0. The third kappa shape index (κ3) is 9.91. The summed E-state index contributed by atoms with van der Waals surface area (Å²) in [6, 6.07) is -4.76. The Morgan fingerprint density at radius 2 is 1.64 bits per heavy atom. The van der Waals surface area contributed by atoms with Gasteiger partial charge >= 0.3 is 5.97 Å². The SMILES string of the molecule is CC(C)CC(NC(=O)C(Cc1cnc[nH]1)NC(=O)C(CS)NC(=O)C(N)CC(N)=O)C(=O)O. The fourth-order valence-electron chi connectivity index (χ4n) is 2.85. The summed E-state index contributed by atoms with van der Waals surface area (Å²) in [5.74, 6) is -4.38. The molecular formula is C19H31N7O6S. The first kappa shape index (κ1) is 27.9. The molecule has 0 aromatic carbocycles. The van der Waals surface area contributed by atoms with Crippen molar-refractivity contribution >= 4 is 42.2 Å². The van der Waals surface area contributed by atoms with Gasteiger partial charge in [0, 0.05) is 24.1 Å². The van der Waals surface area contributed by atoms with Crippen molar-refractivity contribution in [3.05, 3.63) is 18.2 Å². The average molecular weight is 486 g/mol. The van der Waals surface area contributed by atoms with E-state index in [1.54, 1.807) is 0 Å². The van der Waals surface area contributed by atoms with Crippen LogP contribution in [0.5, 0.6) is 0 Å². The number of aromatic amines is 1. The molecule has 13 nitrogen and oxygen atoms in total. The van der Waals surface area contributed by atoms with Gasteiger partial charge in [-0.3, -0.25) is 19.2 Å². The van der Waals surface area contributed by atoms with E-state index in [0.29, 0.717) is 5.69 Å². The predicted octanol–water partition coefficient (Wildman–Crippen LogP) is -2.33. The molecule has 1 aromatic heterocycles. The van der Waals surface area contributed by atoms with E-state index in [2.05, 4.69) is 38.5 Å². The van der Waals surface area contributed by atoms with Gasteiger partial charge in [-0.1, -0.05) is 13.8 Å². The Hall–Kier alpha value is -3.13. The van der Waals surface area contributed by atoms with Crippen molar-refractivity contribution in [1.82, 2.24) is 25.9 Å². The number of hydrogen-bond acceptors (Lipinski definition) is 8. The van der Waals surface area contributed by atoms with Crippen molar-refractivity contribution in [2.45, 2.75) is 57.3 Å². The normalized spacial score (nSPS) is 14.6. The van der Waals surface area contributed by atoms with Crippen molar-refractivity contribution in [3.63, 3.8) is 0 Å². The van der Waals surface area contributed by atoms with Gasteiger partial charge in [0.1, 0.15) is 18.1 Å². The van der Waals surface area contributed by atoms with Crippen molar-refractivity contribution < 1.29 is 29.1 Å². The van der Waals surface area contributed by atoms with E-state index in [9.17, 15) is 29.1 Å². The molecule has 1 rings (SSSR count). The highest BCUT2D eigenvalue weighted by atomic mass is 32.1. The van der Waals surface area contributed by atoms with Gasteiger partial charge in [-0.25, -0.2) is 9.78 Å². The number of aliphatic carboxylic acids is 1. The number of imidazole rings is 1. The number of nitrogens with zero attached hydrogens (tertiary/aromatic N) is 1. The minimum absolute atomic E-state index is 0.000402. The van der Waals surface area contributed by atoms with Crippen LogP contribution < -0.4 is 27.4 Å². The third-order valence-electron chi connectivity index (χ3n) is 4.51. The Bertz CT molecular complexity index is 833. The molecule has 4 atom stereocenters. The zero-order valence-electron chi connectivity index (χ0n) is 18.4. The van der Waals surface area contributed by atoms with Crippen molar-refractivity contribution in [1.29, 1.82) is 0 Å². The van der Waals surface area contributed by atoms with E-state index < -0.39 is 60.2 Å². The number of thiol groups is 1. The molecule has 0 saturated heterocycles. The molecule has 184 valence electrons. The summed E-state index contributed by atoms with van der Waals surface area (Å²) in [7, 11) is 0. The number of rotatable bonds is 14. The number of aromatic nitrogens is 2. The fourth-order valence-corrected chi connectivity index (χ4v) is 3.10. The zero-order valence-corrected chi connectivity index (χ0v) is 19.3. The van der Waals surface area contributed by atoms with E-state index in [-0.39, 0.29) is 24.5 Å². The van der Waals surface area contributed by atoms with E-state index in [1.807, 2.05) is 13.8 Å². The largest absolute Gasteiger partial charge is 0.480 e. The maximum atomic E-state index is 12.9. The number of amides is 4. The van der Waals surface area contributed by atoms with Gasteiger partial charge in [-0.15, -0.1) is 0 Å². The minimum atomic E-state index is -1.26. The number of carbonyl (C=O) groups is 5. The smallest absolute Gasteiger partial charge is 0.326 e. The highest BCUT2D eigenvalue weighted by Gasteiger charge is 2.30. The number of primary amides is 1. The topological polar surface area (TPSA) is 222 Å². The zero-order chi connectivity index (χ0) is 25.1. The molecule has 0 aliphatic heterocycles. The monoisotopic (exact) mass is 485 g/mol. The maximum absolute atomic E-state index is 12.9. The minimum Gasteiger partial charge on any atom is -0.480 e. The third-order valence-corrected chi connectivity index (χ3v) is 4.87. The molecule has 4 amide bonds. The summed E-state index contributed by atoms with van der Waals surface area (Å²) in [6.07, 6.45) is 2.61. The van der Waals surface area contributed by atoms with Crippen LogP contribution in [0.3, 0.4) is 0 Å². The molecule has 1 aromatic rings. The Labute approximate surface area is 196 Å². The summed E-state index contributed by atoms with van der Waals surface area (Å²) in [4.78, 5) is 66.9. The van der Waals surface area contributed by atoms with Crippen molar-refractivity contribution in [2.75, 3.05) is 5.75 Å². The number of nitrogens with two attached hydrogens (primary N) is 2. The molecule has 14 heteroatoms. The maximum Gasteiger partial charge on any atom is 0.326 e. The Morgan fingerprint density at radius 3 is 2.12 bits per heavy atom. The summed E-state index contributed by atoms with van der Waals surface area (Å²) in [5.41, 5.74) is 11.1. The van der Waals surface area contributed by atoms with Crippen LogP contribution in [0.1, 0.15) is 32.4 Å². The number of carboxylic acids is 1. The van der Waals surface area contributed by atoms with Gasteiger partial charge in [0.25, 0.3) is 0 Å². The Morgan fingerprint density at radius 1 is 1.06 bits per heavy atom. The van der Waals surface area contributed by atoms with Crippen LogP contribution in [-0.4, -0.2) is 74.6 Å². The molecule has 0 spiro atoms. The number of H-pyrrole nitrogens is 1. The fraction of sp³-hybridized carbons (Fsp3) is 0.579. The van der Waals surface area contributed by atoms with E-state index in [4.69, 9.17) is 11.5 Å². The summed E-state index contributed by atoms with van der Waals surface area (Å²) >= 11 is 4.05. The first-order valence-electron chi connectivity index (χ1n) is 10.2. The Kier molecular flexibility index (Phi) is 11.4. The molecular weight excluding hydrogens is 454 g/mol. The van der Waals surface area contributed by atoms with Crippen molar-refractivity contribution in [3.8, 4) is 0 Å². The van der Waals surface area contributed by atoms with E-state index in [1.165, 1.54) is 12.5 Å². The van der Waals surface area contributed by atoms with Gasteiger partial charge in [-0.05, 0) is 12.3 Å². The molecule has 0 aliphatic rings. The van der Waals surface area contributed by atoms with Crippen LogP contribution in [0, 0.1) is 5.92 Å². The second kappa shape index (κ2) is 13.4. The van der Waals surface area contributed by atoms with E-state index >= 15 is 0 Å².